The number of rotatable bonds is 5. The van der Waals surface area contributed by atoms with Crippen LogP contribution in [0.1, 0.15) is 42.2 Å². The molecule has 22 heavy (non-hydrogen) atoms. The summed E-state index contributed by atoms with van der Waals surface area (Å²) >= 11 is 1.73. The van der Waals surface area contributed by atoms with Crippen molar-refractivity contribution in [3.05, 3.63) is 46.4 Å². The predicted octanol–water partition coefficient (Wildman–Crippen LogP) is 3.54. The molecular formula is C17H21N3OS. The summed E-state index contributed by atoms with van der Waals surface area (Å²) in [5.41, 5.74) is 0.936. The molecule has 116 valence electrons. The Morgan fingerprint density at radius 3 is 2.95 bits per heavy atom. The second kappa shape index (κ2) is 6.92. The summed E-state index contributed by atoms with van der Waals surface area (Å²) in [4.78, 5) is 13.5. The fourth-order valence-corrected chi connectivity index (χ4v) is 3.95. The largest absolute Gasteiger partial charge is 0.345 e. The van der Waals surface area contributed by atoms with E-state index < -0.39 is 0 Å². The lowest BCUT2D eigenvalue weighted by molar-refractivity contribution is -0.117. The Labute approximate surface area is 134 Å². The first kappa shape index (κ1) is 15.0. The van der Waals surface area contributed by atoms with Crippen LogP contribution >= 0.6 is 11.3 Å². The molecule has 1 amide bonds. The smallest absolute Gasteiger partial charge is 0.244 e. The molecular weight excluding hydrogens is 294 g/mol. The molecule has 0 aromatic carbocycles. The number of thiophene rings is 1. The zero-order valence-corrected chi connectivity index (χ0v) is 13.6. The van der Waals surface area contributed by atoms with E-state index in [0.29, 0.717) is 5.92 Å². The van der Waals surface area contributed by atoms with Crippen molar-refractivity contribution in [2.45, 2.75) is 31.7 Å². The van der Waals surface area contributed by atoms with Crippen LogP contribution in [0.15, 0.2) is 36.0 Å². The van der Waals surface area contributed by atoms with E-state index in [9.17, 15) is 4.79 Å². The van der Waals surface area contributed by atoms with Crippen LogP contribution in [0.4, 0.5) is 0 Å². The zero-order valence-electron chi connectivity index (χ0n) is 12.7. The lowest BCUT2D eigenvalue weighted by atomic mass is 9.96. The Morgan fingerprint density at radius 1 is 1.50 bits per heavy atom. The Bertz CT molecular complexity index is 639. The molecule has 1 fully saturated rings. The summed E-state index contributed by atoms with van der Waals surface area (Å²) in [6.45, 7) is 0. The van der Waals surface area contributed by atoms with Gasteiger partial charge in [0, 0.05) is 29.8 Å². The van der Waals surface area contributed by atoms with Gasteiger partial charge in [0.1, 0.15) is 0 Å². The van der Waals surface area contributed by atoms with Gasteiger partial charge in [0.05, 0.1) is 12.2 Å². The molecule has 2 aromatic heterocycles. The van der Waals surface area contributed by atoms with Crippen molar-refractivity contribution in [3.63, 3.8) is 0 Å². The van der Waals surface area contributed by atoms with E-state index in [1.165, 1.54) is 30.6 Å². The number of aryl methyl sites for hydroxylation is 1. The summed E-state index contributed by atoms with van der Waals surface area (Å²) in [6, 6.07) is 4.33. The fourth-order valence-electron chi connectivity index (χ4n) is 3.08. The quantitative estimate of drug-likeness (QED) is 0.858. The second-order valence-corrected chi connectivity index (χ2v) is 6.81. The van der Waals surface area contributed by atoms with Crippen molar-refractivity contribution in [1.29, 1.82) is 0 Å². The van der Waals surface area contributed by atoms with Crippen molar-refractivity contribution in [1.82, 2.24) is 15.1 Å². The molecule has 1 atom stereocenters. The molecule has 1 saturated carbocycles. The Balaban J connectivity index is 1.67. The second-order valence-electron chi connectivity index (χ2n) is 5.83. The standard InChI is InChI=1S/C17H21N3OS/c1-20-12-13(11-18-20)8-9-16(21)19-17(14-5-2-3-6-14)15-7-4-10-22-15/h4,7-12,14,17H,2-3,5-6H2,1H3,(H,19,21)/b9-8-/t17-/m1/s1. The average Bonchev–Trinajstić information content (AvgIpc) is 3.25. The van der Waals surface area contributed by atoms with Crippen molar-refractivity contribution in [2.24, 2.45) is 13.0 Å². The average molecular weight is 315 g/mol. The molecule has 3 rings (SSSR count). The van der Waals surface area contributed by atoms with Crippen LogP contribution in [0.5, 0.6) is 0 Å². The van der Waals surface area contributed by atoms with Gasteiger partial charge in [-0.2, -0.15) is 5.10 Å². The fraction of sp³-hybridized carbons (Fsp3) is 0.412. The van der Waals surface area contributed by atoms with Crippen molar-refractivity contribution in [3.8, 4) is 0 Å². The van der Waals surface area contributed by atoms with E-state index in [0.717, 1.165) is 5.56 Å². The summed E-state index contributed by atoms with van der Waals surface area (Å²) in [5, 5.41) is 9.37. The minimum absolute atomic E-state index is 0.0332. The molecule has 0 aliphatic heterocycles. The molecule has 1 N–H and O–H groups in total. The number of hydrogen-bond acceptors (Lipinski definition) is 3. The third-order valence-corrected chi connectivity index (χ3v) is 5.13. The van der Waals surface area contributed by atoms with Gasteiger partial charge >= 0.3 is 0 Å². The monoisotopic (exact) mass is 315 g/mol. The van der Waals surface area contributed by atoms with Crippen LogP contribution in [0, 0.1) is 5.92 Å². The van der Waals surface area contributed by atoms with E-state index >= 15 is 0 Å². The maximum Gasteiger partial charge on any atom is 0.244 e. The normalized spacial score (nSPS) is 17.1. The highest BCUT2D eigenvalue weighted by atomic mass is 32.1. The van der Waals surface area contributed by atoms with Crippen molar-refractivity contribution < 1.29 is 4.79 Å². The first-order valence-corrected chi connectivity index (χ1v) is 8.61. The number of hydrogen-bond donors (Lipinski definition) is 1. The summed E-state index contributed by atoms with van der Waals surface area (Å²) in [7, 11) is 1.87. The topological polar surface area (TPSA) is 46.9 Å². The third kappa shape index (κ3) is 3.65. The maximum atomic E-state index is 12.3. The Kier molecular flexibility index (Phi) is 4.73. The number of carbonyl (C=O) groups is 1. The van der Waals surface area contributed by atoms with E-state index in [1.807, 2.05) is 19.3 Å². The first-order chi connectivity index (χ1) is 10.7. The molecule has 4 nitrogen and oxygen atoms in total. The number of aromatic nitrogens is 2. The van der Waals surface area contributed by atoms with E-state index in [2.05, 4.69) is 27.9 Å². The van der Waals surface area contributed by atoms with Gasteiger partial charge in [0.25, 0.3) is 0 Å². The molecule has 0 saturated heterocycles. The van der Waals surface area contributed by atoms with Gasteiger partial charge in [-0.05, 0) is 36.3 Å². The molecule has 0 unspecified atom stereocenters. The molecule has 0 spiro atoms. The maximum absolute atomic E-state index is 12.3. The van der Waals surface area contributed by atoms with E-state index in [4.69, 9.17) is 0 Å². The molecule has 0 radical (unpaired) electrons. The summed E-state index contributed by atoms with van der Waals surface area (Å²) < 4.78 is 1.73. The molecule has 2 aromatic rings. The van der Waals surface area contributed by atoms with Gasteiger partial charge in [-0.1, -0.05) is 18.9 Å². The van der Waals surface area contributed by atoms with Crippen LogP contribution in [-0.2, 0) is 11.8 Å². The molecule has 5 heteroatoms. The van der Waals surface area contributed by atoms with Gasteiger partial charge in [0.2, 0.25) is 5.91 Å². The molecule has 1 aliphatic rings. The van der Waals surface area contributed by atoms with Gasteiger partial charge in [-0.3, -0.25) is 9.48 Å². The first-order valence-electron chi connectivity index (χ1n) is 7.73. The number of carbonyl (C=O) groups excluding carboxylic acids is 1. The molecule has 0 bridgehead atoms. The minimum Gasteiger partial charge on any atom is -0.345 e. The van der Waals surface area contributed by atoms with Gasteiger partial charge < -0.3 is 5.32 Å². The van der Waals surface area contributed by atoms with Crippen LogP contribution in [0.3, 0.4) is 0 Å². The highest BCUT2D eigenvalue weighted by Crippen LogP contribution is 2.37. The van der Waals surface area contributed by atoms with Crippen LogP contribution in [0.25, 0.3) is 6.08 Å². The number of nitrogens with one attached hydrogen (secondary N) is 1. The lowest BCUT2D eigenvalue weighted by Crippen LogP contribution is -2.30. The third-order valence-electron chi connectivity index (χ3n) is 4.17. The number of amides is 1. The van der Waals surface area contributed by atoms with Crippen molar-refractivity contribution >= 4 is 23.3 Å². The van der Waals surface area contributed by atoms with E-state index in [-0.39, 0.29) is 11.9 Å². The van der Waals surface area contributed by atoms with E-state index in [1.54, 1.807) is 28.3 Å². The van der Waals surface area contributed by atoms with Crippen molar-refractivity contribution in [2.75, 3.05) is 0 Å². The Hall–Kier alpha value is -1.88. The SMILES string of the molecule is Cn1cc(/C=C\C(=O)N[C@@H](c2cccs2)C2CCCC2)cn1. The molecule has 2 heterocycles. The summed E-state index contributed by atoms with van der Waals surface area (Å²) in [5.74, 6) is 0.531. The molecule has 1 aliphatic carbocycles. The van der Waals surface area contributed by atoms with Gasteiger partial charge in [-0.25, -0.2) is 0 Å². The van der Waals surface area contributed by atoms with Crippen LogP contribution in [0.2, 0.25) is 0 Å². The summed E-state index contributed by atoms with van der Waals surface area (Å²) in [6.07, 6.45) is 12.0. The van der Waals surface area contributed by atoms with Crippen LogP contribution in [-0.4, -0.2) is 15.7 Å². The highest BCUT2D eigenvalue weighted by Gasteiger charge is 2.27. The van der Waals surface area contributed by atoms with Gasteiger partial charge in [-0.15, -0.1) is 11.3 Å². The highest BCUT2D eigenvalue weighted by molar-refractivity contribution is 7.10. The van der Waals surface area contributed by atoms with Gasteiger partial charge in [0.15, 0.2) is 0 Å². The predicted molar refractivity (Wildman–Crippen MR) is 89.4 cm³/mol. The minimum atomic E-state index is -0.0332. The lowest BCUT2D eigenvalue weighted by Gasteiger charge is -2.23. The van der Waals surface area contributed by atoms with Crippen LogP contribution < -0.4 is 5.32 Å². The number of nitrogens with zero attached hydrogens (tertiary/aromatic N) is 2. The Morgan fingerprint density at radius 2 is 2.32 bits per heavy atom. The zero-order chi connectivity index (χ0) is 15.4.